The van der Waals surface area contributed by atoms with Gasteiger partial charge in [-0.2, -0.15) is 0 Å². The van der Waals surface area contributed by atoms with E-state index in [2.05, 4.69) is 21.5 Å². The van der Waals surface area contributed by atoms with Crippen LogP contribution in [0, 0.1) is 6.92 Å². The Hall–Kier alpha value is -3.19. The minimum Gasteiger partial charge on any atom is -0.496 e. The van der Waals surface area contributed by atoms with Gasteiger partial charge in [-0.15, -0.1) is 11.3 Å². The molecule has 0 unspecified atom stereocenters. The predicted octanol–water partition coefficient (Wildman–Crippen LogP) is 4.78. The number of aromatic nitrogens is 3. The summed E-state index contributed by atoms with van der Waals surface area (Å²) in [5.74, 6) is 0.494. The van der Waals surface area contributed by atoms with Crippen molar-refractivity contribution in [3.05, 3.63) is 64.9 Å². The van der Waals surface area contributed by atoms with Gasteiger partial charge in [0.05, 0.1) is 42.1 Å². The molecule has 0 saturated carbocycles. The number of thiazole rings is 1. The van der Waals surface area contributed by atoms with E-state index in [4.69, 9.17) is 9.47 Å². The first-order chi connectivity index (χ1) is 14.6. The number of carbonyl (C=O) groups excluding carboxylic acids is 1. The van der Waals surface area contributed by atoms with Gasteiger partial charge in [0.1, 0.15) is 17.4 Å². The number of esters is 1. The summed E-state index contributed by atoms with van der Waals surface area (Å²) in [7, 11) is 1.64. The van der Waals surface area contributed by atoms with E-state index in [1.165, 1.54) is 11.3 Å². The summed E-state index contributed by atoms with van der Waals surface area (Å²) >= 11 is 1.49. The van der Waals surface area contributed by atoms with Crippen LogP contribution < -0.4 is 4.74 Å². The minimum absolute atomic E-state index is 0.200. The molecule has 0 aliphatic heterocycles. The summed E-state index contributed by atoms with van der Waals surface area (Å²) in [5.41, 5.74) is 4.67. The van der Waals surface area contributed by atoms with Gasteiger partial charge in [0.15, 0.2) is 0 Å². The van der Waals surface area contributed by atoms with E-state index in [9.17, 15) is 4.79 Å². The molecule has 0 aliphatic carbocycles. The van der Waals surface area contributed by atoms with E-state index in [1.54, 1.807) is 7.11 Å². The number of fused-ring (bicyclic) bond motifs is 1. The van der Waals surface area contributed by atoms with Crippen LogP contribution in [0.1, 0.15) is 23.1 Å². The molecule has 0 amide bonds. The molecule has 0 aliphatic rings. The van der Waals surface area contributed by atoms with Gasteiger partial charge in [-0.3, -0.25) is 4.79 Å². The van der Waals surface area contributed by atoms with Crippen molar-refractivity contribution in [3.8, 4) is 16.3 Å². The summed E-state index contributed by atoms with van der Waals surface area (Å²) in [6.07, 6.45) is 2.03. The normalized spacial score (nSPS) is 11.0. The molecule has 6 nitrogen and oxygen atoms in total. The highest BCUT2D eigenvalue weighted by molar-refractivity contribution is 7.15. The molecule has 2 aromatic heterocycles. The molecule has 0 spiro atoms. The van der Waals surface area contributed by atoms with E-state index >= 15 is 0 Å². The second-order valence-corrected chi connectivity index (χ2v) is 8.00. The summed E-state index contributed by atoms with van der Waals surface area (Å²) in [5, 5.41) is 0.838. The van der Waals surface area contributed by atoms with Gasteiger partial charge in [-0.05, 0) is 43.7 Å². The van der Waals surface area contributed by atoms with Crippen LogP contribution in [0.4, 0.5) is 0 Å². The Kier molecular flexibility index (Phi) is 5.81. The summed E-state index contributed by atoms with van der Waals surface area (Å²) in [6.45, 7) is 5.09. The monoisotopic (exact) mass is 421 g/mol. The smallest absolute Gasteiger partial charge is 0.311 e. The predicted molar refractivity (Wildman–Crippen MR) is 118 cm³/mol. The maximum absolute atomic E-state index is 12.4. The zero-order chi connectivity index (χ0) is 21.1. The Balaban J connectivity index is 1.42. The van der Waals surface area contributed by atoms with Crippen LogP contribution in [0.15, 0.2) is 48.8 Å². The molecular weight excluding hydrogens is 398 g/mol. The molecule has 154 valence electrons. The number of methoxy groups -OCH3 is 1. The standard InChI is InChI=1S/C23H23N3O3S/c1-4-26-14-24-18-11-16(9-10-19(18)26)13-29-22(27)12-21-15(2)25-23(30-21)17-7-5-6-8-20(17)28-3/h5-11,14H,4,12-13H2,1-3H3. The van der Waals surface area contributed by atoms with Gasteiger partial charge in [0.25, 0.3) is 0 Å². The number of imidazole rings is 1. The van der Waals surface area contributed by atoms with Crippen LogP contribution in [-0.4, -0.2) is 27.6 Å². The number of hydrogen-bond donors (Lipinski definition) is 0. The van der Waals surface area contributed by atoms with Crippen LogP contribution in [0.2, 0.25) is 0 Å². The molecule has 2 heterocycles. The Labute approximate surface area is 179 Å². The SMILES string of the molecule is CCn1cnc2cc(COC(=O)Cc3sc(-c4ccccc4OC)nc3C)ccc21. The topological polar surface area (TPSA) is 66.2 Å². The largest absolute Gasteiger partial charge is 0.496 e. The maximum Gasteiger partial charge on any atom is 0.311 e. The molecule has 0 radical (unpaired) electrons. The molecule has 0 N–H and O–H groups in total. The van der Waals surface area contributed by atoms with Crippen LogP contribution in [0.3, 0.4) is 0 Å². The number of nitrogens with zero attached hydrogens (tertiary/aromatic N) is 3. The van der Waals surface area contributed by atoms with Crippen LogP contribution in [0.5, 0.6) is 5.75 Å². The lowest BCUT2D eigenvalue weighted by atomic mass is 10.2. The Morgan fingerprint density at radius 3 is 2.83 bits per heavy atom. The van der Waals surface area contributed by atoms with Crippen molar-refractivity contribution >= 4 is 28.3 Å². The molecule has 0 bridgehead atoms. The Bertz CT molecular complexity index is 1200. The highest BCUT2D eigenvalue weighted by Crippen LogP contribution is 2.34. The lowest BCUT2D eigenvalue weighted by Crippen LogP contribution is -2.07. The lowest BCUT2D eigenvalue weighted by molar-refractivity contribution is -0.144. The van der Waals surface area contributed by atoms with Crippen molar-refractivity contribution in [3.63, 3.8) is 0 Å². The highest BCUT2D eigenvalue weighted by Gasteiger charge is 2.16. The van der Waals surface area contributed by atoms with Crippen molar-refractivity contribution in [2.75, 3.05) is 7.11 Å². The van der Waals surface area contributed by atoms with E-state index < -0.39 is 0 Å². The van der Waals surface area contributed by atoms with Gasteiger partial charge < -0.3 is 14.0 Å². The van der Waals surface area contributed by atoms with Crippen molar-refractivity contribution < 1.29 is 14.3 Å². The number of rotatable bonds is 7. The molecule has 7 heteroatoms. The van der Waals surface area contributed by atoms with E-state index in [0.717, 1.165) is 50.0 Å². The first-order valence-corrected chi connectivity index (χ1v) is 10.6. The third-order valence-corrected chi connectivity index (χ3v) is 6.15. The molecule has 0 saturated heterocycles. The minimum atomic E-state index is -0.271. The average Bonchev–Trinajstić information content (AvgIpc) is 3.34. The van der Waals surface area contributed by atoms with Gasteiger partial charge in [0.2, 0.25) is 0 Å². The van der Waals surface area contributed by atoms with Crippen molar-refractivity contribution in [1.29, 1.82) is 0 Å². The zero-order valence-electron chi connectivity index (χ0n) is 17.2. The fourth-order valence-electron chi connectivity index (χ4n) is 3.33. The number of ether oxygens (including phenoxy) is 2. The molecule has 0 atom stereocenters. The molecule has 0 fully saturated rings. The van der Waals surface area contributed by atoms with Gasteiger partial charge >= 0.3 is 5.97 Å². The first kappa shape index (κ1) is 20.1. The van der Waals surface area contributed by atoms with E-state index in [0.29, 0.717) is 0 Å². The van der Waals surface area contributed by atoms with Gasteiger partial charge in [-0.1, -0.05) is 18.2 Å². The summed E-state index contributed by atoms with van der Waals surface area (Å²) in [6, 6.07) is 13.7. The first-order valence-electron chi connectivity index (χ1n) is 9.78. The van der Waals surface area contributed by atoms with E-state index in [1.807, 2.05) is 55.7 Å². The van der Waals surface area contributed by atoms with Gasteiger partial charge in [0, 0.05) is 11.4 Å². The summed E-state index contributed by atoms with van der Waals surface area (Å²) in [4.78, 5) is 22.4. The third kappa shape index (κ3) is 4.07. The zero-order valence-corrected chi connectivity index (χ0v) is 18.0. The molecule has 2 aromatic carbocycles. The molecular formula is C23H23N3O3S. The fourth-order valence-corrected chi connectivity index (χ4v) is 4.40. The number of aryl methyl sites for hydroxylation is 2. The lowest BCUT2D eigenvalue weighted by Gasteiger charge is -2.05. The third-order valence-electron chi connectivity index (χ3n) is 4.96. The average molecular weight is 422 g/mol. The molecule has 4 rings (SSSR count). The fraction of sp³-hybridized carbons (Fsp3) is 0.261. The van der Waals surface area contributed by atoms with Crippen molar-refractivity contribution in [1.82, 2.24) is 14.5 Å². The summed E-state index contributed by atoms with van der Waals surface area (Å²) < 4.78 is 13.0. The number of para-hydroxylation sites is 1. The van der Waals surface area contributed by atoms with Crippen molar-refractivity contribution in [2.45, 2.75) is 33.4 Å². The quantitative estimate of drug-likeness (QED) is 0.402. The van der Waals surface area contributed by atoms with Crippen molar-refractivity contribution in [2.24, 2.45) is 0 Å². The number of hydrogen-bond acceptors (Lipinski definition) is 6. The Morgan fingerprint density at radius 2 is 2.03 bits per heavy atom. The van der Waals surface area contributed by atoms with E-state index in [-0.39, 0.29) is 19.0 Å². The maximum atomic E-state index is 12.4. The number of benzene rings is 2. The van der Waals surface area contributed by atoms with Crippen LogP contribution in [0.25, 0.3) is 21.6 Å². The molecule has 30 heavy (non-hydrogen) atoms. The Morgan fingerprint density at radius 1 is 1.20 bits per heavy atom. The highest BCUT2D eigenvalue weighted by atomic mass is 32.1. The molecule has 4 aromatic rings. The van der Waals surface area contributed by atoms with Crippen LogP contribution in [-0.2, 0) is 29.1 Å². The van der Waals surface area contributed by atoms with Gasteiger partial charge in [-0.25, -0.2) is 9.97 Å². The second kappa shape index (κ2) is 8.67. The number of carbonyl (C=O) groups is 1. The van der Waals surface area contributed by atoms with Crippen LogP contribution >= 0.6 is 11.3 Å². The second-order valence-electron chi connectivity index (χ2n) is 6.92.